The average molecular weight is 232 g/mol. The third kappa shape index (κ3) is 3.86. The van der Waals surface area contributed by atoms with Crippen molar-refractivity contribution in [2.24, 2.45) is 5.92 Å². The monoisotopic (exact) mass is 232 g/mol. The maximum atomic E-state index is 11.6. The van der Waals surface area contributed by atoms with Gasteiger partial charge in [-0.05, 0) is 43.5 Å². The van der Waals surface area contributed by atoms with E-state index in [1.54, 1.807) is 0 Å². The molecule has 0 atom stereocenters. The molecule has 1 aromatic carbocycles. The van der Waals surface area contributed by atoms with Gasteiger partial charge in [-0.25, -0.2) is 0 Å². The number of nitrogens with one attached hydrogen (secondary N) is 2. The maximum absolute atomic E-state index is 11.6. The highest BCUT2D eigenvalue weighted by atomic mass is 16.2. The highest BCUT2D eigenvalue weighted by Gasteiger charge is 2.29. The standard InChI is InChI=1S/C14H20N2O/c1-2-8-15-10-11-4-3-5-13(9-11)16-14(17)12-6-7-12/h3-5,9,12,15H,2,6-8,10H2,1H3,(H,16,17). The average Bonchev–Trinajstić information content (AvgIpc) is 3.14. The first-order valence-electron chi connectivity index (χ1n) is 6.40. The number of rotatable bonds is 6. The Morgan fingerprint density at radius 2 is 2.24 bits per heavy atom. The summed E-state index contributed by atoms with van der Waals surface area (Å²) in [5.41, 5.74) is 2.13. The fourth-order valence-electron chi connectivity index (χ4n) is 1.76. The summed E-state index contributed by atoms with van der Waals surface area (Å²) in [6.07, 6.45) is 3.23. The van der Waals surface area contributed by atoms with Crippen LogP contribution >= 0.6 is 0 Å². The minimum absolute atomic E-state index is 0.170. The van der Waals surface area contributed by atoms with Gasteiger partial charge in [0, 0.05) is 18.2 Å². The molecule has 0 unspecified atom stereocenters. The van der Waals surface area contributed by atoms with Crippen molar-refractivity contribution in [1.82, 2.24) is 5.32 Å². The first kappa shape index (κ1) is 12.1. The van der Waals surface area contributed by atoms with Gasteiger partial charge in [-0.2, -0.15) is 0 Å². The van der Waals surface area contributed by atoms with Crippen LogP contribution in [-0.2, 0) is 11.3 Å². The molecule has 1 aromatic rings. The van der Waals surface area contributed by atoms with E-state index in [2.05, 4.69) is 23.6 Å². The Morgan fingerprint density at radius 1 is 1.41 bits per heavy atom. The van der Waals surface area contributed by atoms with Crippen LogP contribution in [0.3, 0.4) is 0 Å². The molecule has 1 aliphatic rings. The van der Waals surface area contributed by atoms with Crippen molar-refractivity contribution in [2.45, 2.75) is 32.7 Å². The van der Waals surface area contributed by atoms with Gasteiger partial charge in [-0.3, -0.25) is 4.79 Å². The van der Waals surface area contributed by atoms with E-state index in [1.165, 1.54) is 5.56 Å². The molecule has 3 heteroatoms. The Balaban J connectivity index is 1.88. The molecule has 0 aliphatic heterocycles. The van der Waals surface area contributed by atoms with Gasteiger partial charge in [0.1, 0.15) is 0 Å². The van der Waals surface area contributed by atoms with Gasteiger partial charge in [0.25, 0.3) is 0 Å². The van der Waals surface area contributed by atoms with Crippen LogP contribution in [0.5, 0.6) is 0 Å². The van der Waals surface area contributed by atoms with Crippen LogP contribution < -0.4 is 10.6 Å². The van der Waals surface area contributed by atoms with Gasteiger partial charge in [0.05, 0.1) is 0 Å². The number of carbonyl (C=O) groups excluding carboxylic acids is 1. The van der Waals surface area contributed by atoms with E-state index in [4.69, 9.17) is 0 Å². The number of hydrogen-bond donors (Lipinski definition) is 2. The molecule has 0 saturated heterocycles. The van der Waals surface area contributed by atoms with Crippen molar-refractivity contribution in [1.29, 1.82) is 0 Å². The minimum Gasteiger partial charge on any atom is -0.326 e. The second kappa shape index (κ2) is 5.82. The molecule has 17 heavy (non-hydrogen) atoms. The molecule has 0 heterocycles. The Hall–Kier alpha value is -1.35. The highest BCUT2D eigenvalue weighted by molar-refractivity contribution is 5.94. The lowest BCUT2D eigenvalue weighted by molar-refractivity contribution is -0.117. The Morgan fingerprint density at radius 3 is 2.94 bits per heavy atom. The van der Waals surface area contributed by atoms with E-state index in [9.17, 15) is 4.79 Å². The normalized spacial score (nSPS) is 14.6. The molecule has 92 valence electrons. The number of benzene rings is 1. The fourth-order valence-corrected chi connectivity index (χ4v) is 1.76. The summed E-state index contributed by atoms with van der Waals surface area (Å²) in [5.74, 6) is 0.431. The summed E-state index contributed by atoms with van der Waals surface area (Å²) in [7, 11) is 0. The minimum atomic E-state index is 0.170. The molecule has 0 radical (unpaired) electrons. The molecule has 2 rings (SSSR count). The lowest BCUT2D eigenvalue weighted by atomic mass is 10.2. The van der Waals surface area contributed by atoms with Crippen LogP contribution in [0, 0.1) is 5.92 Å². The molecule has 0 bridgehead atoms. The van der Waals surface area contributed by atoms with Crippen molar-refractivity contribution < 1.29 is 4.79 Å². The zero-order valence-electron chi connectivity index (χ0n) is 10.3. The second-order valence-electron chi connectivity index (χ2n) is 4.64. The van der Waals surface area contributed by atoms with Crippen molar-refractivity contribution in [3.8, 4) is 0 Å². The molecule has 1 aliphatic carbocycles. The van der Waals surface area contributed by atoms with Crippen LogP contribution in [0.4, 0.5) is 5.69 Å². The van der Waals surface area contributed by atoms with E-state index in [1.807, 2.05) is 18.2 Å². The summed E-state index contributed by atoms with van der Waals surface area (Å²) in [6, 6.07) is 8.06. The van der Waals surface area contributed by atoms with Gasteiger partial charge >= 0.3 is 0 Å². The highest BCUT2D eigenvalue weighted by Crippen LogP contribution is 2.30. The van der Waals surface area contributed by atoms with Crippen LogP contribution in [0.1, 0.15) is 31.7 Å². The zero-order valence-corrected chi connectivity index (χ0v) is 10.3. The van der Waals surface area contributed by atoms with E-state index in [0.717, 1.165) is 38.0 Å². The van der Waals surface area contributed by atoms with Crippen molar-refractivity contribution in [2.75, 3.05) is 11.9 Å². The third-order valence-corrected chi connectivity index (χ3v) is 2.90. The van der Waals surface area contributed by atoms with E-state index < -0.39 is 0 Å². The number of carbonyl (C=O) groups is 1. The first-order valence-corrected chi connectivity index (χ1v) is 6.40. The van der Waals surface area contributed by atoms with Gasteiger partial charge in [-0.15, -0.1) is 0 Å². The Kier molecular flexibility index (Phi) is 4.15. The van der Waals surface area contributed by atoms with Gasteiger partial charge in [-0.1, -0.05) is 19.1 Å². The second-order valence-corrected chi connectivity index (χ2v) is 4.64. The van der Waals surface area contributed by atoms with Crippen molar-refractivity contribution in [3.63, 3.8) is 0 Å². The lowest BCUT2D eigenvalue weighted by Gasteiger charge is -2.07. The molecule has 1 fully saturated rings. The predicted molar refractivity (Wildman–Crippen MR) is 69.8 cm³/mol. The number of anilines is 1. The predicted octanol–water partition coefficient (Wildman–Crippen LogP) is 2.53. The summed E-state index contributed by atoms with van der Waals surface area (Å²) < 4.78 is 0. The molecule has 2 N–H and O–H groups in total. The quantitative estimate of drug-likeness (QED) is 0.740. The Labute approximate surface area is 103 Å². The summed E-state index contributed by atoms with van der Waals surface area (Å²) in [6.45, 7) is 4.04. The molecule has 0 spiro atoms. The van der Waals surface area contributed by atoms with E-state index in [0.29, 0.717) is 0 Å². The first-order chi connectivity index (χ1) is 8.29. The van der Waals surface area contributed by atoms with Crippen molar-refractivity contribution >= 4 is 11.6 Å². The van der Waals surface area contributed by atoms with Crippen LogP contribution in [-0.4, -0.2) is 12.5 Å². The van der Waals surface area contributed by atoms with Crippen LogP contribution in [0.2, 0.25) is 0 Å². The third-order valence-electron chi connectivity index (χ3n) is 2.90. The topological polar surface area (TPSA) is 41.1 Å². The number of hydrogen-bond acceptors (Lipinski definition) is 2. The summed E-state index contributed by atoms with van der Waals surface area (Å²) in [5, 5.41) is 6.32. The zero-order chi connectivity index (χ0) is 12.1. The van der Waals surface area contributed by atoms with E-state index >= 15 is 0 Å². The van der Waals surface area contributed by atoms with E-state index in [-0.39, 0.29) is 11.8 Å². The molecule has 1 saturated carbocycles. The summed E-state index contributed by atoms with van der Waals surface area (Å²) >= 11 is 0. The smallest absolute Gasteiger partial charge is 0.227 e. The largest absolute Gasteiger partial charge is 0.326 e. The van der Waals surface area contributed by atoms with Crippen LogP contribution in [0.15, 0.2) is 24.3 Å². The summed E-state index contributed by atoms with van der Waals surface area (Å²) in [4.78, 5) is 11.6. The Bertz CT molecular complexity index is 386. The van der Waals surface area contributed by atoms with Gasteiger partial charge in [0.2, 0.25) is 5.91 Å². The van der Waals surface area contributed by atoms with Crippen LogP contribution in [0.25, 0.3) is 0 Å². The fraction of sp³-hybridized carbons (Fsp3) is 0.500. The van der Waals surface area contributed by atoms with Gasteiger partial charge < -0.3 is 10.6 Å². The van der Waals surface area contributed by atoms with Gasteiger partial charge in [0.15, 0.2) is 0 Å². The molecule has 0 aromatic heterocycles. The molecular weight excluding hydrogens is 212 g/mol. The SMILES string of the molecule is CCCNCc1cccc(NC(=O)C2CC2)c1. The van der Waals surface area contributed by atoms with Crippen molar-refractivity contribution in [3.05, 3.63) is 29.8 Å². The maximum Gasteiger partial charge on any atom is 0.227 e. The lowest BCUT2D eigenvalue weighted by Crippen LogP contribution is -2.15. The molecule has 1 amide bonds. The number of amides is 1. The molecule has 3 nitrogen and oxygen atoms in total. The molecular formula is C14H20N2O.